The van der Waals surface area contributed by atoms with Crippen molar-refractivity contribution in [2.45, 2.75) is 18.9 Å². The second-order valence-corrected chi connectivity index (χ2v) is 5.56. The molecule has 1 aromatic heterocycles. The fourth-order valence-corrected chi connectivity index (χ4v) is 2.87. The van der Waals surface area contributed by atoms with Crippen LogP contribution in [0.4, 0.5) is 0 Å². The van der Waals surface area contributed by atoms with Gasteiger partial charge in [-0.05, 0) is 54.8 Å². The summed E-state index contributed by atoms with van der Waals surface area (Å²) >= 11 is 0. The number of phenolic OH excluding ortho intramolecular Hbond substituents is 1. The van der Waals surface area contributed by atoms with Crippen molar-refractivity contribution in [2.24, 2.45) is 0 Å². The van der Waals surface area contributed by atoms with Crippen molar-refractivity contribution >= 4 is 10.9 Å². The smallest absolute Gasteiger partial charge is 0.190 e. The normalized spacial score (nSPS) is 14.5. The van der Waals surface area contributed by atoms with Crippen LogP contribution < -0.4 is 5.43 Å². The molecule has 0 radical (unpaired) electrons. The first-order chi connectivity index (χ1) is 10.2. The molecule has 3 nitrogen and oxygen atoms in total. The van der Waals surface area contributed by atoms with E-state index in [0.717, 1.165) is 35.0 Å². The van der Waals surface area contributed by atoms with E-state index in [9.17, 15) is 9.90 Å². The number of rotatable bonds is 2. The first-order valence-electron chi connectivity index (χ1n) is 7.18. The summed E-state index contributed by atoms with van der Waals surface area (Å²) in [6.45, 7) is 0. The second kappa shape index (κ2) is 4.48. The number of aromatic nitrogens is 1. The van der Waals surface area contributed by atoms with Crippen molar-refractivity contribution in [2.75, 3.05) is 0 Å². The van der Waals surface area contributed by atoms with Crippen LogP contribution in [0.2, 0.25) is 0 Å². The summed E-state index contributed by atoms with van der Waals surface area (Å²) in [4.78, 5) is 12.4. The SMILES string of the molecule is O=c1cc(-c2ccc(O)cc2)n(C2CC2)c2ccccc12. The van der Waals surface area contributed by atoms with Gasteiger partial charge in [0.15, 0.2) is 5.43 Å². The quantitative estimate of drug-likeness (QED) is 0.776. The lowest BCUT2D eigenvalue weighted by atomic mass is 10.1. The molecule has 0 spiro atoms. The van der Waals surface area contributed by atoms with E-state index in [1.807, 2.05) is 36.4 Å². The van der Waals surface area contributed by atoms with Crippen LogP contribution in [0.1, 0.15) is 18.9 Å². The minimum atomic E-state index is 0.0468. The third kappa shape index (κ3) is 2.02. The van der Waals surface area contributed by atoms with Gasteiger partial charge in [-0.15, -0.1) is 0 Å². The van der Waals surface area contributed by atoms with Crippen LogP contribution in [0.15, 0.2) is 59.4 Å². The number of hydrogen-bond acceptors (Lipinski definition) is 2. The van der Waals surface area contributed by atoms with Gasteiger partial charge in [-0.3, -0.25) is 4.79 Å². The largest absolute Gasteiger partial charge is 0.508 e. The molecule has 1 fully saturated rings. The molecule has 21 heavy (non-hydrogen) atoms. The Morgan fingerprint density at radius 2 is 1.71 bits per heavy atom. The maximum atomic E-state index is 12.4. The lowest BCUT2D eigenvalue weighted by Crippen LogP contribution is -2.10. The molecule has 3 aromatic rings. The van der Waals surface area contributed by atoms with Crippen LogP contribution in [-0.4, -0.2) is 9.67 Å². The number of fused-ring (bicyclic) bond motifs is 1. The predicted octanol–water partition coefficient (Wildman–Crippen LogP) is 3.71. The van der Waals surface area contributed by atoms with Crippen molar-refractivity contribution in [3.8, 4) is 17.0 Å². The molecule has 0 aliphatic heterocycles. The summed E-state index contributed by atoms with van der Waals surface area (Å²) in [6, 6.07) is 17.0. The number of hydrogen-bond donors (Lipinski definition) is 1. The van der Waals surface area contributed by atoms with Crippen LogP contribution in [0, 0.1) is 0 Å². The Balaban J connectivity index is 2.06. The Morgan fingerprint density at radius 3 is 2.43 bits per heavy atom. The second-order valence-electron chi connectivity index (χ2n) is 5.56. The van der Waals surface area contributed by atoms with E-state index < -0.39 is 0 Å². The van der Waals surface area contributed by atoms with Crippen LogP contribution in [-0.2, 0) is 0 Å². The monoisotopic (exact) mass is 277 g/mol. The van der Waals surface area contributed by atoms with Gasteiger partial charge in [0, 0.05) is 17.5 Å². The van der Waals surface area contributed by atoms with Crippen molar-refractivity contribution < 1.29 is 5.11 Å². The molecule has 1 N–H and O–H groups in total. The first-order valence-corrected chi connectivity index (χ1v) is 7.18. The van der Waals surface area contributed by atoms with Gasteiger partial charge in [0.1, 0.15) is 5.75 Å². The Bertz CT molecular complexity index is 874. The van der Waals surface area contributed by atoms with Gasteiger partial charge in [0.25, 0.3) is 0 Å². The third-order valence-electron chi connectivity index (χ3n) is 4.03. The molecule has 104 valence electrons. The molecule has 3 heteroatoms. The van der Waals surface area contributed by atoms with E-state index in [1.54, 1.807) is 18.2 Å². The van der Waals surface area contributed by atoms with E-state index in [-0.39, 0.29) is 11.2 Å². The topological polar surface area (TPSA) is 42.2 Å². The zero-order valence-electron chi connectivity index (χ0n) is 11.5. The lowest BCUT2D eigenvalue weighted by Gasteiger charge is -2.16. The maximum Gasteiger partial charge on any atom is 0.190 e. The van der Waals surface area contributed by atoms with E-state index >= 15 is 0 Å². The van der Waals surface area contributed by atoms with Crippen LogP contribution >= 0.6 is 0 Å². The van der Waals surface area contributed by atoms with Gasteiger partial charge in [-0.25, -0.2) is 0 Å². The Labute approximate surface area is 122 Å². The van der Waals surface area contributed by atoms with Crippen molar-refractivity contribution in [1.82, 2.24) is 4.57 Å². The fourth-order valence-electron chi connectivity index (χ4n) is 2.87. The maximum absolute atomic E-state index is 12.4. The van der Waals surface area contributed by atoms with Gasteiger partial charge in [0.2, 0.25) is 0 Å². The summed E-state index contributed by atoms with van der Waals surface area (Å²) in [7, 11) is 0. The van der Waals surface area contributed by atoms with Gasteiger partial charge in [-0.1, -0.05) is 12.1 Å². The third-order valence-corrected chi connectivity index (χ3v) is 4.03. The van der Waals surface area contributed by atoms with Crippen molar-refractivity contribution in [1.29, 1.82) is 0 Å². The van der Waals surface area contributed by atoms with Crippen LogP contribution in [0.5, 0.6) is 5.75 Å². The summed E-state index contributed by atoms with van der Waals surface area (Å²) in [6.07, 6.45) is 2.30. The highest BCUT2D eigenvalue weighted by Crippen LogP contribution is 2.40. The number of pyridine rings is 1. The van der Waals surface area contributed by atoms with Gasteiger partial charge in [0.05, 0.1) is 11.2 Å². The average molecular weight is 277 g/mol. The molecule has 0 amide bonds. The van der Waals surface area contributed by atoms with Crippen molar-refractivity contribution in [3.63, 3.8) is 0 Å². The molecule has 1 saturated carbocycles. The highest BCUT2D eigenvalue weighted by atomic mass is 16.3. The van der Waals surface area contributed by atoms with Gasteiger partial charge >= 0.3 is 0 Å². The molecule has 4 rings (SSSR count). The van der Waals surface area contributed by atoms with E-state index in [0.29, 0.717) is 6.04 Å². The highest BCUT2D eigenvalue weighted by Gasteiger charge is 2.27. The first kappa shape index (κ1) is 12.2. The lowest BCUT2D eigenvalue weighted by molar-refractivity contribution is 0.475. The number of nitrogens with zero attached hydrogens (tertiary/aromatic N) is 1. The molecule has 1 aliphatic carbocycles. The van der Waals surface area contributed by atoms with E-state index in [1.165, 1.54) is 0 Å². The van der Waals surface area contributed by atoms with Crippen LogP contribution in [0.25, 0.3) is 22.2 Å². The predicted molar refractivity (Wildman–Crippen MR) is 83.6 cm³/mol. The zero-order chi connectivity index (χ0) is 14.4. The van der Waals surface area contributed by atoms with Gasteiger partial charge in [-0.2, -0.15) is 0 Å². The summed E-state index contributed by atoms with van der Waals surface area (Å²) in [5, 5.41) is 10.2. The number of benzene rings is 2. The zero-order valence-corrected chi connectivity index (χ0v) is 11.5. The highest BCUT2D eigenvalue weighted by molar-refractivity contribution is 5.83. The molecular formula is C18H15NO2. The summed E-state index contributed by atoms with van der Waals surface area (Å²) < 4.78 is 2.27. The summed E-state index contributed by atoms with van der Waals surface area (Å²) in [5.74, 6) is 0.236. The minimum Gasteiger partial charge on any atom is -0.508 e. The molecule has 1 aliphatic rings. The fraction of sp³-hybridized carbons (Fsp3) is 0.167. The molecule has 0 unspecified atom stereocenters. The van der Waals surface area contributed by atoms with Crippen LogP contribution in [0.3, 0.4) is 0 Å². The van der Waals surface area contributed by atoms with E-state index in [2.05, 4.69) is 4.57 Å². The molecule has 1 heterocycles. The molecule has 0 saturated heterocycles. The number of phenols is 1. The average Bonchev–Trinajstić information content (AvgIpc) is 3.33. The molecular weight excluding hydrogens is 262 g/mol. The van der Waals surface area contributed by atoms with E-state index in [4.69, 9.17) is 0 Å². The standard InChI is InChI=1S/C18H15NO2/c20-14-9-5-12(6-10-14)17-11-18(21)15-3-1-2-4-16(15)19(17)13-7-8-13/h1-6,9-11,13,20H,7-8H2. The Hall–Kier alpha value is -2.55. The minimum absolute atomic E-state index is 0.0468. The molecule has 2 aromatic carbocycles. The molecule has 0 atom stereocenters. The molecule has 0 bridgehead atoms. The summed E-state index contributed by atoms with van der Waals surface area (Å²) in [5.41, 5.74) is 2.94. The Kier molecular flexibility index (Phi) is 2.61. The van der Waals surface area contributed by atoms with Gasteiger partial charge < -0.3 is 9.67 Å². The Morgan fingerprint density at radius 1 is 1.00 bits per heavy atom. The number of aromatic hydroxyl groups is 1. The number of para-hydroxylation sites is 1. The van der Waals surface area contributed by atoms with Crippen molar-refractivity contribution in [3.05, 3.63) is 64.8 Å².